The SMILES string of the molecule is NC(=S)c1cccc(Cn2ccnc2Cc2cccc(Cl)c2Cl)c1. The summed E-state index contributed by atoms with van der Waals surface area (Å²) in [6.45, 7) is 0.684. The van der Waals surface area contributed by atoms with Gasteiger partial charge in [-0.1, -0.05) is 65.8 Å². The van der Waals surface area contributed by atoms with Crippen molar-refractivity contribution in [2.24, 2.45) is 5.73 Å². The van der Waals surface area contributed by atoms with Crippen molar-refractivity contribution in [3.8, 4) is 0 Å². The molecule has 0 aliphatic rings. The molecule has 2 aromatic carbocycles. The fourth-order valence-corrected chi connectivity index (χ4v) is 3.04. The maximum atomic E-state index is 6.28. The predicted octanol–water partition coefficient (Wildman–Crippen LogP) is 4.46. The number of imidazole rings is 1. The summed E-state index contributed by atoms with van der Waals surface area (Å²) in [4.78, 5) is 4.84. The van der Waals surface area contributed by atoms with Crippen LogP contribution in [-0.4, -0.2) is 14.5 Å². The van der Waals surface area contributed by atoms with Crippen molar-refractivity contribution in [1.29, 1.82) is 0 Å². The Balaban J connectivity index is 1.84. The van der Waals surface area contributed by atoms with E-state index in [9.17, 15) is 0 Å². The van der Waals surface area contributed by atoms with Crippen LogP contribution in [0.1, 0.15) is 22.5 Å². The summed E-state index contributed by atoms with van der Waals surface area (Å²) >= 11 is 17.4. The fourth-order valence-electron chi connectivity index (χ4n) is 2.53. The second kappa shape index (κ2) is 7.34. The Morgan fingerprint density at radius 2 is 1.96 bits per heavy atom. The van der Waals surface area contributed by atoms with E-state index in [4.69, 9.17) is 41.2 Å². The van der Waals surface area contributed by atoms with Gasteiger partial charge in [-0.05, 0) is 23.3 Å². The summed E-state index contributed by atoms with van der Waals surface area (Å²) in [5.74, 6) is 0.917. The second-order valence-corrected chi connectivity index (χ2v) is 6.65. The highest BCUT2D eigenvalue weighted by molar-refractivity contribution is 7.80. The Morgan fingerprint density at radius 1 is 1.17 bits per heavy atom. The normalized spacial score (nSPS) is 10.8. The van der Waals surface area contributed by atoms with E-state index in [-0.39, 0.29) is 0 Å². The van der Waals surface area contributed by atoms with Gasteiger partial charge in [-0.3, -0.25) is 0 Å². The van der Waals surface area contributed by atoms with E-state index in [1.165, 1.54) is 0 Å². The molecule has 2 N–H and O–H groups in total. The average Bonchev–Trinajstić information content (AvgIpc) is 2.99. The van der Waals surface area contributed by atoms with Gasteiger partial charge in [-0.2, -0.15) is 0 Å². The summed E-state index contributed by atoms with van der Waals surface area (Å²) in [6.07, 6.45) is 4.34. The minimum atomic E-state index is 0.397. The number of halogens is 2. The van der Waals surface area contributed by atoms with Gasteiger partial charge in [-0.25, -0.2) is 4.98 Å². The third-order valence-corrected chi connectivity index (χ3v) is 4.84. The molecule has 6 heteroatoms. The smallest absolute Gasteiger partial charge is 0.113 e. The van der Waals surface area contributed by atoms with E-state index in [2.05, 4.69) is 9.55 Å². The summed E-state index contributed by atoms with van der Waals surface area (Å²) in [5.41, 5.74) is 8.63. The first kappa shape index (κ1) is 17.0. The van der Waals surface area contributed by atoms with Gasteiger partial charge in [-0.15, -0.1) is 0 Å². The lowest BCUT2D eigenvalue weighted by Crippen LogP contribution is -2.10. The van der Waals surface area contributed by atoms with Crippen LogP contribution < -0.4 is 5.73 Å². The van der Waals surface area contributed by atoms with Crippen LogP contribution in [0, 0.1) is 0 Å². The zero-order chi connectivity index (χ0) is 17.1. The van der Waals surface area contributed by atoms with Crippen LogP contribution in [0.4, 0.5) is 0 Å². The molecule has 0 bridgehead atoms. The fraction of sp³-hybridized carbons (Fsp3) is 0.111. The van der Waals surface area contributed by atoms with Crippen LogP contribution >= 0.6 is 35.4 Å². The summed E-state index contributed by atoms with van der Waals surface area (Å²) < 4.78 is 2.08. The molecule has 0 radical (unpaired) electrons. The van der Waals surface area contributed by atoms with E-state index >= 15 is 0 Å². The van der Waals surface area contributed by atoms with E-state index in [0.29, 0.717) is 28.0 Å². The van der Waals surface area contributed by atoms with Crippen LogP contribution in [0.15, 0.2) is 54.9 Å². The second-order valence-electron chi connectivity index (χ2n) is 5.43. The van der Waals surface area contributed by atoms with Crippen molar-refractivity contribution >= 4 is 40.4 Å². The molecule has 0 fully saturated rings. The third kappa shape index (κ3) is 3.78. The van der Waals surface area contributed by atoms with E-state index in [0.717, 1.165) is 22.5 Å². The Hall–Kier alpha value is -1.88. The molecule has 3 rings (SSSR count). The highest BCUT2D eigenvalue weighted by atomic mass is 35.5. The predicted molar refractivity (Wildman–Crippen MR) is 103 cm³/mol. The Kier molecular flexibility index (Phi) is 5.19. The highest BCUT2D eigenvalue weighted by Crippen LogP contribution is 2.27. The molecule has 0 saturated heterocycles. The topological polar surface area (TPSA) is 43.8 Å². The molecule has 0 amide bonds. The van der Waals surface area contributed by atoms with Gasteiger partial charge >= 0.3 is 0 Å². The Bertz CT molecular complexity index is 889. The largest absolute Gasteiger partial charge is 0.389 e. The number of aromatic nitrogens is 2. The standard InChI is InChI=1S/C18H15Cl2N3S/c19-15-6-2-4-13(17(15)20)10-16-22-7-8-23(16)11-12-3-1-5-14(9-12)18(21)24/h1-9H,10-11H2,(H2,21,24). The molecule has 24 heavy (non-hydrogen) atoms. The quantitative estimate of drug-likeness (QED) is 0.669. The first-order valence-corrected chi connectivity index (χ1v) is 8.52. The number of thiocarbonyl (C=S) groups is 1. The maximum absolute atomic E-state index is 6.28. The third-order valence-electron chi connectivity index (χ3n) is 3.75. The summed E-state index contributed by atoms with van der Waals surface area (Å²) in [5, 5.41) is 1.13. The van der Waals surface area contributed by atoms with Crippen LogP contribution in [0.5, 0.6) is 0 Å². The molecule has 1 heterocycles. The van der Waals surface area contributed by atoms with Gasteiger partial charge in [0.05, 0.1) is 10.0 Å². The monoisotopic (exact) mass is 375 g/mol. The van der Waals surface area contributed by atoms with Gasteiger partial charge in [0.1, 0.15) is 10.8 Å². The molecule has 0 spiro atoms. The minimum absolute atomic E-state index is 0.397. The molecular weight excluding hydrogens is 361 g/mol. The van der Waals surface area contributed by atoms with E-state index in [1.807, 2.05) is 42.6 Å². The number of hydrogen-bond donors (Lipinski definition) is 1. The molecule has 3 nitrogen and oxygen atoms in total. The van der Waals surface area contributed by atoms with Gasteiger partial charge in [0.2, 0.25) is 0 Å². The van der Waals surface area contributed by atoms with Crippen molar-refractivity contribution in [2.75, 3.05) is 0 Å². The maximum Gasteiger partial charge on any atom is 0.113 e. The number of hydrogen-bond acceptors (Lipinski definition) is 2. The molecule has 1 aromatic heterocycles. The lowest BCUT2D eigenvalue weighted by molar-refractivity contribution is 0.740. The van der Waals surface area contributed by atoms with Crippen molar-refractivity contribution in [3.63, 3.8) is 0 Å². The number of nitrogens with two attached hydrogens (primary N) is 1. The van der Waals surface area contributed by atoms with Crippen LogP contribution in [-0.2, 0) is 13.0 Å². The highest BCUT2D eigenvalue weighted by Gasteiger charge is 2.10. The zero-order valence-corrected chi connectivity index (χ0v) is 15.1. The zero-order valence-electron chi connectivity index (χ0n) is 12.7. The lowest BCUT2D eigenvalue weighted by atomic mass is 10.1. The van der Waals surface area contributed by atoms with Crippen LogP contribution in [0.2, 0.25) is 10.0 Å². The molecule has 0 atom stereocenters. The Labute approximate surface area is 156 Å². The Morgan fingerprint density at radius 3 is 2.75 bits per heavy atom. The van der Waals surface area contributed by atoms with Crippen molar-refractivity contribution in [2.45, 2.75) is 13.0 Å². The number of nitrogens with zero attached hydrogens (tertiary/aromatic N) is 2. The van der Waals surface area contributed by atoms with Gasteiger partial charge in [0.25, 0.3) is 0 Å². The molecule has 0 unspecified atom stereocenters. The molecule has 0 aliphatic heterocycles. The number of benzene rings is 2. The van der Waals surface area contributed by atoms with Crippen molar-refractivity contribution in [1.82, 2.24) is 9.55 Å². The molecule has 122 valence electrons. The first-order chi connectivity index (χ1) is 11.5. The lowest BCUT2D eigenvalue weighted by Gasteiger charge is -2.10. The van der Waals surface area contributed by atoms with Crippen molar-refractivity contribution < 1.29 is 0 Å². The van der Waals surface area contributed by atoms with Gasteiger partial charge < -0.3 is 10.3 Å². The number of rotatable bonds is 5. The summed E-state index contributed by atoms with van der Waals surface area (Å²) in [6, 6.07) is 13.5. The first-order valence-electron chi connectivity index (χ1n) is 7.36. The molecule has 0 saturated carbocycles. The minimum Gasteiger partial charge on any atom is -0.389 e. The average molecular weight is 376 g/mol. The molecule has 0 aliphatic carbocycles. The van der Waals surface area contributed by atoms with Crippen LogP contribution in [0.25, 0.3) is 0 Å². The molecular formula is C18H15Cl2N3S. The van der Waals surface area contributed by atoms with Crippen molar-refractivity contribution in [3.05, 3.63) is 87.4 Å². The van der Waals surface area contributed by atoms with E-state index in [1.54, 1.807) is 12.3 Å². The van der Waals surface area contributed by atoms with Gasteiger partial charge in [0, 0.05) is 30.9 Å². The van der Waals surface area contributed by atoms with E-state index < -0.39 is 0 Å². The van der Waals surface area contributed by atoms with Crippen LogP contribution in [0.3, 0.4) is 0 Å². The summed E-state index contributed by atoms with van der Waals surface area (Å²) in [7, 11) is 0. The molecule has 3 aromatic rings. The van der Waals surface area contributed by atoms with Gasteiger partial charge in [0.15, 0.2) is 0 Å².